The van der Waals surface area contributed by atoms with Gasteiger partial charge in [-0.1, -0.05) is 0 Å². The Morgan fingerprint density at radius 1 is 1.65 bits per heavy atom. The van der Waals surface area contributed by atoms with Gasteiger partial charge in [0.15, 0.2) is 0 Å². The van der Waals surface area contributed by atoms with Gasteiger partial charge in [-0.25, -0.2) is 0 Å². The number of nitrogens with two attached hydrogens (primary N) is 1. The molecular formula is C11H20N4O2. The van der Waals surface area contributed by atoms with E-state index >= 15 is 0 Å². The largest absolute Gasteiger partial charge is 0.385 e. The number of aromatic nitrogens is 2. The van der Waals surface area contributed by atoms with Crippen molar-refractivity contribution in [1.29, 1.82) is 0 Å². The molecule has 0 saturated carbocycles. The number of amides is 1. The summed E-state index contributed by atoms with van der Waals surface area (Å²) >= 11 is 0. The summed E-state index contributed by atoms with van der Waals surface area (Å²) in [7, 11) is 1.58. The van der Waals surface area contributed by atoms with E-state index in [2.05, 4.69) is 10.4 Å². The van der Waals surface area contributed by atoms with E-state index in [1.165, 1.54) is 0 Å². The molecule has 0 bridgehead atoms. The van der Waals surface area contributed by atoms with Gasteiger partial charge < -0.3 is 15.8 Å². The molecule has 0 aliphatic rings. The Labute approximate surface area is 101 Å². The third kappa shape index (κ3) is 4.16. The number of hydrogen-bond acceptors (Lipinski definition) is 4. The van der Waals surface area contributed by atoms with Crippen LogP contribution in [0.2, 0.25) is 0 Å². The van der Waals surface area contributed by atoms with Crippen molar-refractivity contribution in [2.45, 2.75) is 32.4 Å². The molecule has 0 radical (unpaired) electrons. The summed E-state index contributed by atoms with van der Waals surface area (Å²) in [4.78, 5) is 11.7. The summed E-state index contributed by atoms with van der Waals surface area (Å²) in [6.07, 6.45) is 3.90. The smallest absolute Gasteiger partial charge is 0.241 e. The quantitative estimate of drug-likeness (QED) is 0.769. The molecule has 3 N–H and O–H groups in total. The Hall–Kier alpha value is -1.40. The first-order chi connectivity index (χ1) is 8.04. The van der Waals surface area contributed by atoms with Gasteiger partial charge in [-0.2, -0.15) is 5.10 Å². The zero-order chi connectivity index (χ0) is 12.8. The minimum atomic E-state index is -0.558. The van der Waals surface area contributed by atoms with Crippen LogP contribution in [0.1, 0.15) is 26.3 Å². The summed E-state index contributed by atoms with van der Waals surface area (Å²) in [5.41, 5.74) is 6.36. The van der Waals surface area contributed by atoms with E-state index < -0.39 is 6.04 Å². The third-order valence-corrected chi connectivity index (χ3v) is 2.37. The number of anilines is 1. The average Bonchev–Trinajstić information content (AvgIpc) is 2.74. The second kappa shape index (κ2) is 6.36. The van der Waals surface area contributed by atoms with E-state index in [9.17, 15) is 4.79 Å². The maximum Gasteiger partial charge on any atom is 0.241 e. The van der Waals surface area contributed by atoms with Crippen molar-refractivity contribution in [1.82, 2.24) is 9.78 Å². The maximum atomic E-state index is 11.7. The van der Waals surface area contributed by atoms with E-state index in [0.29, 0.717) is 18.7 Å². The molecule has 1 rings (SSSR count). The molecule has 6 nitrogen and oxygen atoms in total. The molecule has 17 heavy (non-hydrogen) atoms. The van der Waals surface area contributed by atoms with E-state index in [4.69, 9.17) is 10.5 Å². The number of carbonyl (C=O) groups is 1. The molecule has 96 valence electrons. The van der Waals surface area contributed by atoms with Gasteiger partial charge in [-0.15, -0.1) is 0 Å². The fourth-order valence-corrected chi connectivity index (χ4v) is 1.30. The molecule has 1 aromatic heterocycles. The molecule has 1 unspecified atom stereocenters. The zero-order valence-electron chi connectivity index (χ0n) is 10.5. The Balaban J connectivity index is 2.49. The van der Waals surface area contributed by atoms with Gasteiger partial charge in [0.1, 0.15) is 0 Å². The number of hydrogen-bond donors (Lipinski definition) is 2. The number of carbonyl (C=O) groups excluding carboxylic acids is 1. The third-order valence-electron chi connectivity index (χ3n) is 2.37. The summed E-state index contributed by atoms with van der Waals surface area (Å²) in [5, 5.41) is 6.85. The number of nitrogens with zero attached hydrogens (tertiary/aromatic N) is 2. The normalized spacial score (nSPS) is 12.8. The summed E-state index contributed by atoms with van der Waals surface area (Å²) in [6.45, 7) is 4.51. The Morgan fingerprint density at radius 2 is 2.35 bits per heavy atom. The number of ether oxygens (including phenoxy) is 1. The molecule has 1 atom stereocenters. The summed E-state index contributed by atoms with van der Waals surface area (Å²) < 4.78 is 6.65. The Kier molecular flexibility index (Phi) is 5.11. The predicted molar refractivity (Wildman–Crippen MR) is 65.7 cm³/mol. The van der Waals surface area contributed by atoms with Crippen molar-refractivity contribution in [3.05, 3.63) is 12.4 Å². The highest BCUT2D eigenvalue weighted by Crippen LogP contribution is 2.10. The molecule has 6 heteroatoms. The number of nitrogens with one attached hydrogen (secondary N) is 1. The van der Waals surface area contributed by atoms with Crippen LogP contribution in [0.4, 0.5) is 5.69 Å². The number of methoxy groups -OCH3 is 1. The van der Waals surface area contributed by atoms with Crippen LogP contribution >= 0.6 is 0 Å². The van der Waals surface area contributed by atoms with E-state index in [0.717, 1.165) is 0 Å². The molecular weight excluding hydrogens is 220 g/mol. The fourth-order valence-electron chi connectivity index (χ4n) is 1.30. The highest BCUT2D eigenvalue weighted by molar-refractivity contribution is 5.94. The van der Waals surface area contributed by atoms with Gasteiger partial charge in [0, 0.05) is 26.0 Å². The molecule has 0 aliphatic carbocycles. The van der Waals surface area contributed by atoms with Crippen molar-refractivity contribution in [2.75, 3.05) is 19.0 Å². The van der Waals surface area contributed by atoms with Crippen molar-refractivity contribution < 1.29 is 9.53 Å². The maximum absolute atomic E-state index is 11.7. The first-order valence-corrected chi connectivity index (χ1v) is 5.64. The standard InChI is InChI=1S/C11H20N4O2/c1-8(2)15-7-9(6-13-15)14-11(16)10(12)4-5-17-3/h6-8,10H,4-5,12H2,1-3H3,(H,14,16). The molecule has 1 aromatic rings. The molecule has 1 amide bonds. The zero-order valence-corrected chi connectivity index (χ0v) is 10.5. The summed E-state index contributed by atoms with van der Waals surface area (Å²) in [5.74, 6) is -0.217. The molecule has 0 aromatic carbocycles. The SMILES string of the molecule is COCCC(N)C(=O)Nc1cnn(C(C)C)c1. The van der Waals surface area contributed by atoms with Crippen LogP contribution in [0.3, 0.4) is 0 Å². The van der Waals surface area contributed by atoms with Crippen LogP contribution in [0, 0.1) is 0 Å². The van der Waals surface area contributed by atoms with E-state index in [1.54, 1.807) is 24.2 Å². The van der Waals surface area contributed by atoms with Gasteiger partial charge in [-0.05, 0) is 20.3 Å². The van der Waals surface area contributed by atoms with Crippen LogP contribution in [0.5, 0.6) is 0 Å². The molecule has 0 spiro atoms. The molecule has 0 saturated heterocycles. The Bertz CT molecular complexity index is 362. The van der Waals surface area contributed by atoms with Gasteiger partial charge in [0.2, 0.25) is 5.91 Å². The van der Waals surface area contributed by atoms with Crippen LogP contribution in [-0.4, -0.2) is 35.4 Å². The fraction of sp³-hybridized carbons (Fsp3) is 0.636. The van der Waals surface area contributed by atoms with E-state index in [1.807, 2.05) is 13.8 Å². The van der Waals surface area contributed by atoms with Crippen LogP contribution < -0.4 is 11.1 Å². The second-order valence-electron chi connectivity index (χ2n) is 4.18. The topological polar surface area (TPSA) is 82.2 Å². The molecule has 0 aliphatic heterocycles. The van der Waals surface area contributed by atoms with Crippen molar-refractivity contribution >= 4 is 11.6 Å². The average molecular weight is 240 g/mol. The molecule has 1 heterocycles. The monoisotopic (exact) mass is 240 g/mol. The minimum Gasteiger partial charge on any atom is -0.385 e. The van der Waals surface area contributed by atoms with Gasteiger partial charge in [-0.3, -0.25) is 9.48 Å². The minimum absolute atomic E-state index is 0.217. The second-order valence-corrected chi connectivity index (χ2v) is 4.18. The lowest BCUT2D eigenvalue weighted by molar-refractivity contribution is -0.117. The lowest BCUT2D eigenvalue weighted by Crippen LogP contribution is -2.36. The Morgan fingerprint density at radius 3 is 2.88 bits per heavy atom. The van der Waals surface area contributed by atoms with Gasteiger partial charge in [0.05, 0.1) is 17.9 Å². The lowest BCUT2D eigenvalue weighted by Gasteiger charge is -2.10. The summed E-state index contributed by atoms with van der Waals surface area (Å²) in [6, 6.07) is -0.292. The van der Waals surface area contributed by atoms with Crippen LogP contribution in [0.25, 0.3) is 0 Å². The first kappa shape index (κ1) is 13.7. The first-order valence-electron chi connectivity index (χ1n) is 5.64. The van der Waals surface area contributed by atoms with Crippen molar-refractivity contribution in [3.63, 3.8) is 0 Å². The van der Waals surface area contributed by atoms with Crippen LogP contribution in [0.15, 0.2) is 12.4 Å². The van der Waals surface area contributed by atoms with Gasteiger partial charge >= 0.3 is 0 Å². The van der Waals surface area contributed by atoms with E-state index in [-0.39, 0.29) is 11.9 Å². The predicted octanol–water partition coefficient (Wildman–Crippen LogP) is 0.766. The molecule has 0 fully saturated rings. The highest BCUT2D eigenvalue weighted by atomic mass is 16.5. The number of rotatable bonds is 6. The van der Waals surface area contributed by atoms with Crippen LogP contribution in [-0.2, 0) is 9.53 Å². The van der Waals surface area contributed by atoms with Crippen molar-refractivity contribution in [3.8, 4) is 0 Å². The highest BCUT2D eigenvalue weighted by Gasteiger charge is 2.14. The van der Waals surface area contributed by atoms with Gasteiger partial charge in [0.25, 0.3) is 0 Å². The lowest BCUT2D eigenvalue weighted by atomic mass is 10.2. The van der Waals surface area contributed by atoms with Crippen molar-refractivity contribution in [2.24, 2.45) is 5.73 Å².